The minimum absolute atomic E-state index is 0.272. The van der Waals surface area contributed by atoms with Crippen LogP contribution < -0.4 is 5.73 Å². The van der Waals surface area contributed by atoms with E-state index in [-0.39, 0.29) is 11.2 Å². The Morgan fingerprint density at radius 1 is 1.50 bits per heavy atom. The molecule has 3 N–H and O–H groups in total. The van der Waals surface area contributed by atoms with E-state index in [1.807, 2.05) is 13.1 Å². The predicted molar refractivity (Wildman–Crippen MR) is 80.9 cm³/mol. The first-order chi connectivity index (χ1) is 10.5. The fraction of sp³-hybridized carbons (Fsp3) is 0.467. The number of rotatable bonds is 4. The van der Waals surface area contributed by atoms with Crippen molar-refractivity contribution < 1.29 is 4.79 Å². The summed E-state index contributed by atoms with van der Waals surface area (Å²) in [5.41, 5.74) is 6.09. The lowest BCUT2D eigenvalue weighted by Gasteiger charge is -2.33. The topological polar surface area (TPSA) is 101 Å². The number of nitrogens with one attached hydrogen (secondary N) is 1. The van der Waals surface area contributed by atoms with Gasteiger partial charge in [0.2, 0.25) is 0 Å². The van der Waals surface area contributed by atoms with Crippen molar-refractivity contribution in [3.05, 3.63) is 41.5 Å². The number of amides is 1. The Hall–Kier alpha value is -2.28. The van der Waals surface area contributed by atoms with Crippen molar-refractivity contribution in [3.63, 3.8) is 0 Å². The van der Waals surface area contributed by atoms with Gasteiger partial charge in [-0.05, 0) is 39.3 Å². The zero-order chi connectivity index (χ0) is 15.7. The molecule has 0 spiro atoms. The molecule has 1 aliphatic heterocycles. The maximum absolute atomic E-state index is 11.5. The second-order valence-corrected chi connectivity index (χ2v) is 5.92. The molecule has 1 atom stereocenters. The lowest BCUT2D eigenvalue weighted by Crippen LogP contribution is -2.40. The molecule has 7 nitrogen and oxygen atoms in total. The Labute approximate surface area is 129 Å². The molecule has 3 rings (SSSR count). The second kappa shape index (κ2) is 5.49. The number of hydrogen-bond donors (Lipinski definition) is 2. The quantitative estimate of drug-likeness (QED) is 0.881. The standard InChI is InChI=1S/C15H20N6O/c1-10-8-11(13(16)22)20-14(19-10)15(2)4-3-7-21(15)9-12-17-5-6-18-12/h5-6,8H,3-4,7,9H2,1-2H3,(H2,16,22)(H,17,18). The van der Waals surface area contributed by atoms with E-state index in [0.29, 0.717) is 12.4 Å². The monoisotopic (exact) mass is 300 g/mol. The highest BCUT2D eigenvalue weighted by molar-refractivity contribution is 5.90. The van der Waals surface area contributed by atoms with E-state index in [4.69, 9.17) is 5.73 Å². The van der Waals surface area contributed by atoms with Gasteiger partial charge in [-0.1, -0.05) is 0 Å². The van der Waals surface area contributed by atoms with Crippen LogP contribution >= 0.6 is 0 Å². The van der Waals surface area contributed by atoms with E-state index < -0.39 is 5.91 Å². The molecular weight excluding hydrogens is 280 g/mol. The van der Waals surface area contributed by atoms with Gasteiger partial charge in [-0.15, -0.1) is 0 Å². The number of primary amides is 1. The van der Waals surface area contributed by atoms with Crippen molar-refractivity contribution in [3.8, 4) is 0 Å². The molecule has 0 radical (unpaired) electrons. The van der Waals surface area contributed by atoms with E-state index in [1.165, 1.54) is 0 Å². The van der Waals surface area contributed by atoms with E-state index >= 15 is 0 Å². The summed E-state index contributed by atoms with van der Waals surface area (Å²) in [4.78, 5) is 30.1. The zero-order valence-electron chi connectivity index (χ0n) is 12.8. The maximum atomic E-state index is 11.5. The Bertz CT molecular complexity index is 683. The van der Waals surface area contributed by atoms with Crippen molar-refractivity contribution in [2.75, 3.05) is 6.54 Å². The molecule has 1 aliphatic rings. The molecule has 2 aromatic rings. The summed E-state index contributed by atoms with van der Waals surface area (Å²) < 4.78 is 0. The number of H-pyrrole nitrogens is 1. The van der Waals surface area contributed by atoms with Gasteiger partial charge in [0.25, 0.3) is 5.91 Å². The summed E-state index contributed by atoms with van der Waals surface area (Å²) in [6.07, 6.45) is 5.56. The lowest BCUT2D eigenvalue weighted by atomic mass is 9.97. The first-order valence-electron chi connectivity index (χ1n) is 7.38. The summed E-state index contributed by atoms with van der Waals surface area (Å²) in [5, 5.41) is 0. The third-order valence-electron chi connectivity index (χ3n) is 4.27. The maximum Gasteiger partial charge on any atom is 0.267 e. The molecule has 0 saturated carbocycles. The Morgan fingerprint density at radius 3 is 3.00 bits per heavy atom. The summed E-state index contributed by atoms with van der Waals surface area (Å²) in [6, 6.07) is 1.63. The average Bonchev–Trinajstić information content (AvgIpc) is 3.10. The van der Waals surface area contributed by atoms with Gasteiger partial charge in [0.05, 0.1) is 12.1 Å². The molecule has 116 valence electrons. The molecule has 1 unspecified atom stereocenters. The average molecular weight is 300 g/mol. The van der Waals surface area contributed by atoms with Gasteiger partial charge in [0.15, 0.2) is 0 Å². The minimum atomic E-state index is -0.522. The predicted octanol–water partition coefficient (Wildman–Crippen LogP) is 1.12. The molecule has 0 bridgehead atoms. The number of likely N-dealkylation sites (tertiary alicyclic amines) is 1. The molecular formula is C15H20N6O. The van der Waals surface area contributed by atoms with E-state index in [1.54, 1.807) is 12.3 Å². The van der Waals surface area contributed by atoms with Crippen molar-refractivity contribution in [2.45, 2.75) is 38.8 Å². The molecule has 7 heteroatoms. The van der Waals surface area contributed by atoms with Gasteiger partial charge >= 0.3 is 0 Å². The number of hydrogen-bond acceptors (Lipinski definition) is 5. The Morgan fingerprint density at radius 2 is 2.32 bits per heavy atom. The summed E-state index contributed by atoms with van der Waals surface area (Å²) >= 11 is 0. The SMILES string of the molecule is Cc1cc(C(N)=O)nc(C2(C)CCCN2Cc2ncc[nH]2)n1. The normalized spacial score (nSPS) is 22.1. The number of nitrogens with two attached hydrogens (primary N) is 1. The highest BCUT2D eigenvalue weighted by Crippen LogP contribution is 2.37. The molecule has 0 aromatic carbocycles. The molecule has 2 aromatic heterocycles. The highest BCUT2D eigenvalue weighted by atomic mass is 16.1. The van der Waals surface area contributed by atoms with Crippen LogP contribution in [0.4, 0.5) is 0 Å². The van der Waals surface area contributed by atoms with Crippen LogP contribution in [0.25, 0.3) is 0 Å². The van der Waals surface area contributed by atoms with Crippen LogP contribution in [0.5, 0.6) is 0 Å². The minimum Gasteiger partial charge on any atom is -0.364 e. The number of aryl methyl sites for hydroxylation is 1. The van der Waals surface area contributed by atoms with Crippen molar-refractivity contribution in [2.24, 2.45) is 5.73 Å². The van der Waals surface area contributed by atoms with E-state index in [0.717, 1.165) is 30.9 Å². The molecule has 0 aliphatic carbocycles. The first-order valence-corrected chi connectivity index (χ1v) is 7.38. The van der Waals surface area contributed by atoms with Crippen LogP contribution in [0.2, 0.25) is 0 Å². The Balaban J connectivity index is 1.95. The number of aromatic nitrogens is 4. The van der Waals surface area contributed by atoms with Crippen LogP contribution in [0.15, 0.2) is 18.5 Å². The van der Waals surface area contributed by atoms with Crippen molar-refractivity contribution >= 4 is 5.91 Å². The molecule has 1 fully saturated rings. The number of carbonyl (C=O) groups excluding carboxylic acids is 1. The summed E-state index contributed by atoms with van der Waals surface area (Å²) in [7, 11) is 0. The first kappa shape index (κ1) is 14.6. The molecule has 1 amide bonds. The van der Waals surface area contributed by atoms with Crippen LogP contribution in [0.3, 0.4) is 0 Å². The number of aromatic amines is 1. The smallest absolute Gasteiger partial charge is 0.267 e. The van der Waals surface area contributed by atoms with Crippen molar-refractivity contribution in [1.82, 2.24) is 24.8 Å². The second-order valence-electron chi connectivity index (χ2n) is 5.92. The third kappa shape index (κ3) is 2.59. The van der Waals surface area contributed by atoms with Gasteiger partial charge < -0.3 is 10.7 Å². The molecule has 22 heavy (non-hydrogen) atoms. The molecule has 1 saturated heterocycles. The highest BCUT2D eigenvalue weighted by Gasteiger charge is 2.41. The van der Waals surface area contributed by atoms with Crippen molar-refractivity contribution in [1.29, 1.82) is 0 Å². The van der Waals surface area contributed by atoms with Crippen LogP contribution in [-0.2, 0) is 12.1 Å². The summed E-state index contributed by atoms with van der Waals surface area (Å²) in [6.45, 7) is 5.61. The van der Waals surface area contributed by atoms with Gasteiger partial charge in [-0.25, -0.2) is 15.0 Å². The number of carbonyl (C=O) groups is 1. The Kier molecular flexibility index (Phi) is 3.66. The third-order valence-corrected chi connectivity index (χ3v) is 4.27. The van der Waals surface area contributed by atoms with E-state index in [2.05, 4.69) is 31.8 Å². The fourth-order valence-electron chi connectivity index (χ4n) is 3.03. The number of nitrogens with zero attached hydrogens (tertiary/aromatic N) is 4. The van der Waals surface area contributed by atoms with Crippen LogP contribution in [0, 0.1) is 6.92 Å². The fourth-order valence-corrected chi connectivity index (χ4v) is 3.03. The van der Waals surface area contributed by atoms with Gasteiger partial charge in [-0.2, -0.15) is 0 Å². The molecule has 3 heterocycles. The van der Waals surface area contributed by atoms with Gasteiger partial charge in [-0.3, -0.25) is 9.69 Å². The summed E-state index contributed by atoms with van der Waals surface area (Å²) in [5.74, 6) is 1.05. The van der Waals surface area contributed by atoms with E-state index in [9.17, 15) is 4.79 Å². The van der Waals surface area contributed by atoms with Crippen LogP contribution in [0.1, 0.15) is 47.6 Å². The lowest BCUT2D eigenvalue weighted by molar-refractivity contribution is 0.0991. The van der Waals surface area contributed by atoms with Crippen LogP contribution in [-0.4, -0.2) is 37.3 Å². The van der Waals surface area contributed by atoms with Gasteiger partial charge in [0.1, 0.15) is 17.3 Å². The number of imidazole rings is 1. The van der Waals surface area contributed by atoms with Gasteiger partial charge in [0, 0.05) is 18.1 Å². The largest absolute Gasteiger partial charge is 0.364 e. The zero-order valence-corrected chi connectivity index (χ0v) is 12.8.